The van der Waals surface area contributed by atoms with Crippen LogP contribution in [0.3, 0.4) is 0 Å². The molecule has 0 saturated heterocycles. The van der Waals surface area contributed by atoms with Gasteiger partial charge in [0.05, 0.1) is 5.21 Å². The molecule has 0 unspecified atom stereocenters. The topological polar surface area (TPSA) is 0 Å². The highest BCUT2D eigenvalue weighted by Gasteiger charge is 1.76. The second kappa shape index (κ2) is 5.99. The summed E-state index contributed by atoms with van der Waals surface area (Å²) in [5.41, 5.74) is 0. The lowest BCUT2D eigenvalue weighted by Gasteiger charge is -1.85. The standard InChI is InChI=1S/C3H7ClS2/c1-5-3-6-2-4/h2-3H2,1H3. The maximum Gasteiger partial charge on any atom is 0.0688 e. The minimum atomic E-state index is 0.723. The van der Waals surface area contributed by atoms with Crippen molar-refractivity contribution in [1.29, 1.82) is 0 Å². The van der Waals surface area contributed by atoms with Crippen molar-refractivity contribution >= 4 is 35.1 Å². The van der Waals surface area contributed by atoms with Gasteiger partial charge in [-0.1, -0.05) is 0 Å². The van der Waals surface area contributed by atoms with Gasteiger partial charge < -0.3 is 0 Å². The van der Waals surface area contributed by atoms with Crippen LogP contribution in [0.2, 0.25) is 0 Å². The van der Waals surface area contributed by atoms with E-state index in [1.165, 1.54) is 0 Å². The van der Waals surface area contributed by atoms with Crippen LogP contribution in [0.15, 0.2) is 0 Å². The van der Waals surface area contributed by atoms with Crippen LogP contribution in [0.1, 0.15) is 0 Å². The molecule has 0 N–H and O–H groups in total. The van der Waals surface area contributed by atoms with Gasteiger partial charge in [-0.2, -0.15) is 11.8 Å². The van der Waals surface area contributed by atoms with E-state index in [1.807, 2.05) is 0 Å². The van der Waals surface area contributed by atoms with Crippen molar-refractivity contribution in [1.82, 2.24) is 0 Å². The highest BCUT2D eigenvalue weighted by Crippen LogP contribution is 2.08. The zero-order valence-corrected chi connectivity index (χ0v) is 6.00. The molecular weight excluding hydrogens is 136 g/mol. The first-order chi connectivity index (χ1) is 2.91. The Balaban J connectivity index is 2.34. The fourth-order valence-corrected chi connectivity index (χ4v) is 1.60. The fourth-order valence-electron chi connectivity index (χ4n) is 0.115. The van der Waals surface area contributed by atoms with E-state index in [-0.39, 0.29) is 0 Å². The molecule has 0 saturated carbocycles. The number of hydrogen-bond acceptors (Lipinski definition) is 2. The number of thioether (sulfide) groups is 2. The van der Waals surface area contributed by atoms with E-state index in [1.54, 1.807) is 23.5 Å². The van der Waals surface area contributed by atoms with Crippen molar-refractivity contribution in [2.75, 3.05) is 16.6 Å². The van der Waals surface area contributed by atoms with Gasteiger partial charge in [0.2, 0.25) is 0 Å². The van der Waals surface area contributed by atoms with Gasteiger partial charge in [-0.15, -0.1) is 23.4 Å². The number of hydrogen-bond donors (Lipinski definition) is 0. The average Bonchev–Trinajstić information content (AvgIpc) is 1.61. The van der Waals surface area contributed by atoms with Gasteiger partial charge in [0.15, 0.2) is 0 Å². The van der Waals surface area contributed by atoms with E-state index < -0.39 is 0 Å². The Morgan fingerprint density at radius 3 is 2.50 bits per heavy atom. The molecule has 3 heteroatoms. The molecular formula is C3H7ClS2. The Morgan fingerprint density at radius 2 is 2.33 bits per heavy atom. The summed E-state index contributed by atoms with van der Waals surface area (Å²) in [5, 5.41) is 1.84. The Kier molecular flexibility index (Phi) is 6.98. The highest BCUT2D eigenvalue weighted by atomic mass is 35.5. The Morgan fingerprint density at radius 1 is 1.67 bits per heavy atom. The molecule has 0 amide bonds. The van der Waals surface area contributed by atoms with Gasteiger partial charge in [0.1, 0.15) is 0 Å². The van der Waals surface area contributed by atoms with Crippen LogP contribution in [0.4, 0.5) is 0 Å². The Labute approximate surface area is 52.0 Å². The third kappa shape index (κ3) is 4.99. The largest absolute Gasteiger partial charge is 0.154 e. The first kappa shape index (κ1) is 6.99. The minimum Gasteiger partial charge on any atom is -0.154 e. The predicted molar refractivity (Wildman–Crippen MR) is 36.7 cm³/mol. The molecule has 0 aliphatic heterocycles. The molecule has 0 radical (unpaired) electrons. The van der Waals surface area contributed by atoms with E-state index in [9.17, 15) is 0 Å². The van der Waals surface area contributed by atoms with Crippen LogP contribution in [-0.4, -0.2) is 16.6 Å². The van der Waals surface area contributed by atoms with Crippen molar-refractivity contribution in [2.45, 2.75) is 0 Å². The summed E-state index contributed by atoms with van der Waals surface area (Å²) in [6.07, 6.45) is 2.07. The van der Waals surface area contributed by atoms with Crippen molar-refractivity contribution in [2.24, 2.45) is 0 Å². The Bertz CT molecular complexity index is 20.8. The molecule has 0 aromatic carbocycles. The van der Waals surface area contributed by atoms with Gasteiger partial charge in [0.25, 0.3) is 0 Å². The smallest absolute Gasteiger partial charge is 0.0688 e. The predicted octanol–water partition coefficient (Wildman–Crippen LogP) is 2.24. The summed E-state index contributed by atoms with van der Waals surface area (Å²) < 4.78 is 0. The maximum atomic E-state index is 5.33. The summed E-state index contributed by atoms with van der Waals surface area (Å²) >= 11 is 8.87. The fraction of sp³-hybridized carbons (Fsp3) is 1.00. The zero-order valence-electron chi connectivity index (χ0n) is 3.61. The summed E-state index contributed by atoms with van der Waals surface area (Å²) in [7, 11) is 0. The molecule has 0 spiro atoms. The van der Waals surface area contributed by atoms with Gasteiger partial charge in [0, 0.05) is 5.08 Å². The highest BCUT2D eigenvalue weighted by molar-refractivity contribution is 8.16. The van der Waals surface area contributed by atoms with Crippen LogP contribution in [0, 0.1) is 0 Å². The van der Waals surface area contributed by atoms with Gasteiger partial charge >= 0.3 is 0 Å². The normalized spacial score (nSPS) is 9.00. The Hall–Kier alpha value is 0.990. The second-order valence-corrected chi connectivity index (χ2v) is 3.52. The van der Waals surface area contributed by atoms with E-state index >= 15 is 0 Å². The second-order valence-electron chi connectivity index (χ2n) is 0.720. The molecule has 0 bridgehead atoms. The molecule has 6 heavy (non-hydrogen) atoms. The maximum absolute atomic E-state index is 5.33. The lowest BCUT2D eigenvalue weighted by Crippen LogP contribution is -1.63. The van der Waals surface area contributed by atoms with Gasteiger partial charge in [-0.3, -0.25) is 0 Å². The molecule has 0 aliphatic carbocycles. The van der Waals surface area contributed by atoms with E-state index in [0.717, 1.165) is 10.3 Å². The number of alkyl halides is 1. The van der Waals surface area contributed by atoms with Crippen molar-refractivity contribution in [3.63, 3.8) is 0 Å². The van der Waals surface area contributed by atoms with Crippen molar-refractivity contribution in [3.05, 3.63) is 0 Å². The summed E-state index contributed by atoms with van der Waals surface area (Å²) in [4.78, 5) is 0. The quantitative estimate of drug-likeness (QED) is 0.337. The molecule has 38 valence electrons. The molecule has 0 rings (SSSR count). The van der Waals surface area contributed by atoms with Crippen LogP contribution >= 0.6 is 35.1 Å². The summed E-state index contributed by atoms with van der Waals surface area (Å²) in [6, 6.07) is 0. The minimum absolute atomic E-state index is 0.723. The first-order valence-electron chi connectivity index (χ1n) is 1.54. The summed E-state index contributed by atoms with van der Waals surface area (Å²) in [5.74, 6) is 0. The van der Waals surface area contributed by atoms with Gasteiger partial charge in [-0.25, -0.2) is 0 Å². The lowest BCUT2D eigenvalue weighted by molar-refractivity contribution is 2.13. The van der Waals surface area contributed by atoms with Gasteiger partial charge in [-0.05, 0) is 6.26 Å². The lowest BCUT2D eigenvalue weighted by atomic mass is 11.9. The monoisotopic (exact) mass is 142 g/mol. The molecule has 0 atom stereocenters. The molecule has 0 heterocycles. The third-order valence-electron chi connectivity index (χ3n) is 0.278. The molecule has 0 fully saturated rings. The molecule has 0 nitrogen and oxygen atoms in total. The average molecular weight is 143 g/mol. The van der Waals surface area contributed by atoms with E-state index in [4.69, 9.17) is 11.6 Å². The van der Waals surface area contributed by atoms with Crippen LogP contribution in [0.25, 0.3) is 0 Å². The molecule has 0 aliphatic rings. The molecule has 0 aromatic heterocycles. The number of halogens is 1. The third-order valence-corrected chi connectivity index (χ3v) is 2.51. The first-order valence-corrected chi connectivity index (χ1v) is 4.62. The SMILES string of the molecule is CSCSCCl. The van der Waals surface area contributed by atoms with Crippen LogP contribution in [0.5, 0.6) is 0 Å². The van der Waals surface area contributed by atoms with Crippen molar-refractivity contribution in [3.8, 4) is 0 Å². The zero-order chi connectivity index (χ0) is 4.83. The summed E-state index contributed by atoms with van der Waals surface area (Å²) in [6.45, 7) is 0. The van der Waals surface area contributed by atoms with E-state index in [0.29, 0.717) is 0 Å². The van der Waals surface area contributed by atoms with E-state index in [2.05, 4.69) is 6.26 Å². The molecule has 0 aromatic rings. The van der Waals surface area contributed by atoms with Crippen molar-refractivity contribution < 1.29 is 0 Å². The van der Waals surface area contributed by atoms with Crippen LogP contribution in [-0.2, 0) is 0 Å². The van der Waals surface area contributed by atoms with Crippen LogP contribution < -0.4 is 0 Å². The number of rotatable bonds is 3.